The van der Waals surface area contributed by atoms with E-state index in [1.807, 2.05) is 0 Å². The van der Waals surface area contributed by atoms with Crippen molar-refractivity contribution < 1.29 is 59.9 Å². The molecule has 0 aromatic heterocycles. The molecule has 0 rings (SSSR count). The molecule has 0 aliphatic rings. The van der Waals surface area contributed by atoms with Gasteiger partial charge in [0.15, 0.2) is 0 Å². The Morgan fingerprint density at radius 2 is 1.00 bits per heavy atom. The molecule has 0 spiro atoms. The van der Waals surface area contributed by atoms with Gasteiger partial charge in [-0.25, -0.2) is 0 Å². The van der Waals surface area contributed by atoms with Gasteiger partial charge < -0.3 is 0 Å². The quantitative estimate of drug-likeness (QED) is 0.523. The van der Waals surface area contributed by atoms with Gasteiger partial charge in [0.05, 0.1) is 0 Å². The summed E-state index contributed by atoms with van der Waals surface area (Å²) < 4.78 is 0. The largest absolute Gasteiger partial charge is 1.00 e. The first-order valence-corrected chi connectivity index (χ1v) is 7.32. The molecular weight excluding hydrogens is 342 g/mol. The molecule has 0 saturated heterocycles. The third-order valence-corrected chi connectivity index (χ3v) is 0. The Morgan fingerprint density at radius 1 is 1.00 bits per heavy atom. The molecule has 5 heavy (non-hydrogen) atoms. The molecule has 0 N–H and O–H groups in total. The molecule has 0 nitrogen and oxygen atoms in total. The molecule has 0 aliphatic heterocycles. The fraction of sp³-hybridized carbons (Fsp3) is 0. The summed E-state index contributed by atoms with van der Waals surface area (Å²) in [5.74, 6) is 0. The standard InChI is InChI=1S/3BrH.Cu.K/h3*1H;;/q;;;+2;+1/p-3. The zero-order chi connectivity index (χ0) is 3.58. The fourth-order valence-corrected chi connectivity index (χ4v) is 0. The Labute approximate surface area is 99.2 Å². The summed E-state index contributed by atoms with van der Waals surface area (Å²) in [7, 11) is 0.125. The van der Waals surface area contributed by atoms with Crippen LogP contribution in [0.5, 0.6) is 0 Å². The van der Waals surface area contributed by atoms with Crippen LogP contribution in [0, 0.1) is 0 Å². The molecule has 0 aromatic rings. The monoisotopic (exact) mass is 339 g/mol. The predicted octanol–water partition coefficient (Wildman–Crippen LogP) is -0.462. The first kappa shape index (κ1) is 11.4. The topological polar surface area (TPSA) is 0 Å². The van der Waals surface area contributed by atoms with Gasteiger partial charge in [0.2, 0.25) is 0 Å². The number of rotatable bonds is 0. The van der Waals surface area contributed by atoms with Crippen LogP contribution in [-0.2, 0) is 8.48 Å². The Morgan fingerprint density at radius 3 is 1.00 bits per heavy atom. The second kappa shape index (κ2) is 7.60. The van der Waals surface area contributed by atoms with Crippen molar-refractivity contribution in [2.24, 2.45) is 0 Å². The molecule has 0 amide bonds. The van der Waals surface area contributed by atoms with Crippen molar-refractivity contribution in [3.05, 3.63) is 0 Å². The molecule has 0 fully saturated rings. The van der Waals surface area contributed by atoms with Crippen molar-refractivity contribution in [3.63, 3.8) is 0 Å². The fourth-order valence-electron chi connectivity index (χ4n) is 0. The van der Waals surface area contributed by atoms with E-state index in [0.717, 1.165) is 0 Å². The molecule has 0 aliphatic carbocycles. The number of hydrogen-bond acceptors (Lipinski definition) is 0. The van der Waals surface area contributed by atoms with Gasteiger partial charge in [0.25, 0.3) is 0 Å². The molecule has 0 aromatic carbocycles. The summed E-state index contributed by atoms with van der Waals surface area (Å²) in [6, 6.07) is 0. The number of hydrogen-bond donors (Lipinski definition) is 0. The van der Waals surface area contributed by atoms with Crippen LogP contribution in [0.25, 0.3) is 0 Å². The second-order valence-corrected chi connectivity index (χ2v) is 14.4. The van der Waals surface area contributed by atoms with E-state index < -0.39 is 0 Å². The third kappa shape index (κ3) is 18.4. The van der Waals surface area contributed by atoms with Crippen LogP contribution < -0.4 is 51.4 Å². The van der Waals surface area contributed by atoms with Crippen LogP contribution in [0.4, 0.5) is 0 Å². The van der Waals surface area contributed by atoms with E-state index in [1.54, 1.807) is 0 Å². The van der Waals surface area contributed by atoms with Crippen molar-refractivity contribution in [2.75, 3.05) is 0 Å². The van der Waals surface area contributed by atoms with Gasteiger partial charge in [-0.15, -0.1) is 0 Å². The zero-order valence-corrected chi connectivity index (χ0v) is 11.3. The SMILES string of the molecule is [Br][Cu-]([Br])[Br].[K+]. The molecular formula is Br3CuK. The Hall–Kier alpha value is 3.60. The van der Waals surface area contributed by atoms with E-state index in [9.17, 15) is 0 Å². The Kier molecular flexibility index (Phi) is 17.3. The molecule has 0 bridgehead atoms. The number of halogens is 3. The zero-order valence-electron chi connectivity index (χ0n) is 2.44. The van der Waals surface area contributed by atoms with Crippen LogP contribution >= 0.6 is 42.3 Å². The van der Waals surface area contributed by atoms with Crippen molar-refractivity contribution >= 4 is 42.3 Å². The van der Waals surface area contributed by atoms with Crippen molar-refractivity contribution in [3.8, 4) is 0 Å². The van der Waals surface area contributed by atoms with Crippen molar-refractivity contribution in [2.45, 2.75) is 0 Å². The molecule has 0 atom stereocenters. The first-order chi connectivity index (χ1) is 1.73. The van der Waals surface area contributed by atoms with Crippen LogP contribution in [0.15, 0.2) is 0 Å². The minimum Gasteiger partial charge on any atom is 1.00 e. The summed E-state index contributed by atoms with van der Waals surface area (Å²) in [5.41, 5.74) is 0. The maximum absolute atomic E-state index is 3.12. The molecule has 33 valence electrons. The summed E-state index contributed by atoms with van der Waals surface area (Å²) in [5, 5.41) is 0. The van der Waals surface area contributed by atoms with Gasteiger partial charge in [-0.05, 0) is 0 Å². The van der Waals surface area contributed by atoms with Crippen LogP contribution in [0.2, 0.25) is 0 Å². The van der Waals surface area contributed by atoms with E-state index in [1.165, 1.54) is 0 Å². The van der Waals surface area contributed by atoms with Gasteiger partial charge >= 0.3 is 102 Å². The Bertz CT molecular complexity index is 11.6. The molecule has 5 heteroatoms. The Balaban J connectivity index is 0. The molecule has 0 heterocycles. The van der Waals surface area contributed by atoms with E-state index in [4.69, 9.17) is 0 Å². The minimum atomic E-state index is 0. The van der Waals surface area contributed by atoms with E-state index >= 15 is 0 Å². The predicted molar refractivity (Wildman–Crippen MR) is 26.8 cm³/mol. The molecule has 0 radical (unpaired) electrons. The van der Waals surface area contributed by atoms with Crippen molar-refractivity contribution in [1.82, 2.24) is 0 Å². The van der Waals surface area contributed by atoms with E-state index in [0.29, 0.717) is 0 Å². The van der Waals surface area contributed by atoms with E-state index in [2.05, 4.69) is 42.3 Å². The summed E-state index contributed by atoms with van der Waals surface area (Å²) in [4.78, 5) is 0. The third-order valence-electron chi connectivity index (χ3n) is 0. The average molecular weight is 342 g/mol. The van der Waals surface area contributed by atoms with Crippen LogP contribution in [-0.4, -0.2) is 0 Å². The maximum Gasteiger partial charge on any atom is 1.00 e. The van der Waals surface area contributed by atoms with Gasteiger partial charge in [0.1, 0.15) is 0 Å². The summed E-state index contributed by atoms with van der Waals surface area (Å²) >= 11 is 9.38. The van der Waals surface area contributed by atoms with Crippen LogP contribution in [0.3, 0.4) is 0 Å². The van der Waals surface area contributed by atoms with Gasteiger partial charge in [-0.3, -0.25) is 0 Å². The van der Waals surface area contributed by atoms with Gasteiger partial charge in [-0.2, -0.15) is 0 Å². The second-order valence-electron chi connectivity index (χ2n) is 0.129. The molecule has 0 saturated carbocycles. The summed E-state index contributed by atoms with van der Waals surface area (Å²) in [6.45, 7) is 0. The van der Waals surface area contributed by atoms with Crippen LogP contribution in [0.1, 0.15) is 0 Å². The maximum atomic E-state index is 3.12. The van der Waals surface area contributed by atoms with E-state index in [-0.39, 0.29) is 59.9 Å². The van der Waals surface area contributed by atoms with Gasteiger partial charge in [-0.1, -0.05) is 0 Å². The average Bonchev–Trinajstić information content (AvgIpc) is 0.811. The van der Waals surface area contributed by atoms with Gasteiger partial charge in [0, 0.05) is 0 Å². The minimum absolute atomic E-state index is 0. The first-order valence-electron chi connectivity index (χ1n) is 0.342. The molecule has 0 unspecified atom stereocenters. The summed E-state index contributed by atoms with van der Waals surface area (Å²) in [6.07, 6.45) is 0. The smallest absolute Gasteiger partial charge is 1.00 e. The normalized spacial score (nSPS) is 9.00. The van der Waals surface area contributed by atoms with Crippen molar-refractivity contribution in [1.29, 1.82) is 0 Å².